The fraction of sp³-hybridized carbons (Fsp3) is 0.500. The maximum Gasteiger partial charge on any atom is 0.341 e. The Balaban J connectivity index is 2.00. The van der Waals surface area contributed by atoms with Gasteiger partial charge in [0.25, 0.3) is 5.22 Å². The molecule has 0 atom stereocenters. The van der Waals surface area contributed by atoms with Crippen molar-refractivity contribution in [2.75, 3.05) is 17.7 Å². The summed E-state index contributed by atoms with van der Waals surface area (Å²) in [5, 5.41) is 11.5. The number of ether oxygens (including phenoxy) is 1. The zero-order valence-electron chi connectivity index (χ0n) is 14.7. The highest BCUT2D eigenvalue weighted by Crippen LogP contribution is 2.33. The average molecular weight is 383 g/mol. The van der Waals surface area contributed by atoms with Crippen LogP contribution in [0.15, 0.2) is 9.64 Å². The van der Waals surface area contributed by atoms with E-state index in [0.29, 0.717) is 21.7 Å². The minimum Gasteiger partial charge on any atom is -0.462 e. The Kier molecular flexibility index (Phi) is 7.01. The monoisotopic (exact) mass is 383 g/mol. The topological polar surface area (TPSA) is 94.3 Å². The maximum absolute atomic E-state index is 12.2. The summed E-state index contributed by atoms with van der Waals surface area (Å²) < 4.78 is 10.5. The first-order chi connectivity index (χ1) is 12.0. The first-order valence-corrected chi connectivity index (χ1v) is 9.78. The van der Waals surface area contributed by atoms with Crippen molar-refractivity contribution >= 4 is 40.0 Å². The van der Waals surface area contributed by atoms with Crippen molar-refractivity contribution in [3.63, 3.8) is 0 Å². The number of thioether (sulfide) groups is 1. The third-order valence-corrected chi connectivity index (χ3v) is 5.30. The van der Waals surface area contributed by atoms with Crippen LogP contribution in [0.4, 0.5) is 5.00 Å². The molecule has 0 aromatic carbocycles. The second kappa shape index (κ2) is 9.00. The van der Waals surface area contributed by atoms with Gasteiger partial charge in [-0.2, -0.15) is 0 Å². The molecule has 0 saturated heterocycles. The van der Waals surface area contributed by atoms with Gasteiger partial charge in [-0.25, -0.2) is 4.79 Å². The third kappa shape index (κ3) is 5.05. The highest BCUT2D eigenvalue weighted by molar-refractivity contribution is 7.99. The van der Waals surface area contributed by atoms with Crippen LogP contribution < -0.4 is 5.32 Å². The molecule has 0 unspecified atom stereocenters. The van der Waals surface area contributed by atoms with Gasteiger partial charge < -0.3 is 14.5 Å². The van der Waals surface area contributed by atoms with Gasteiger partial charge in [0.1, 0.15) is 5.00 Å². The molecule has 2 aromatic rings. The third-order valence-electron chi connectivity index (χ3n) is 3.36. The predicted molar refractivity (Wildman–Crippen MR) is 97.4 cm³/mol. The number of aryl methyl sites for hydroxylation is 2. The van der Waals surface area contributed by atoms with Crippen LogP contribution in [0.25, 0.3) is 0 Å². The van der Waals surface area contributed by atoms with Crippen LogP contribution in [0.3, 0.4) is 0 Å². The first-order valence-electron chi connectivity index (χ1n) is 7.98. The lowest BCUT2D eigenvalue weighted by atomic mass is 10.1. The van der Waals surface area contributed by atoms with Crippen LogP contribution in [-0.4, -0.2) is 34.4 Å². The SMILES string of the molecule is CCCc1nnc(SCC(=O)Nc2sc(C)c(C)c2C(=O)OCC)o1. The lowest BCUT2D eigenvalue weighted by Gasteiger charge is -2.06. The van der Waals surface area contributed by atoms with Crippen LogP contribution in [-0.2, 0) is 16.0 Å². The Morgan fingerprint density at radius 1 is 1.28 bits per heavy atom. The molecule has 2 rings (SSSR count). The molecule has 0 bridgehead atoms. The summed E-state index contributed by atoms with van der Waals surface area (Å²) in [6.45, 7) is 7.81. The number of hydrogen-bond acceptors (Lipinski definition) is 8. The number of nitrogens with zero attached hydrogens (tertiary/aromatic N) is 2. The summed E-state index contributed by atoms with van der Waals surface area (Å²) in [6.07, 6.45) is 1.64. The van der Waals surface area contributed by atoms with Gasteiger partial charge in [0.15, 0.2) is 0 Å². The molecule has 25 heavy (non-hydrogen) atoms. The number of nitrogens with one attached hydrogen (secondary N) is 1. The van der Waals surface area contributed by atoms with E-state index in [1.54, 1.807) is 6.92 Å². The Labute approximate surface area is 154 Å². The molecule has 0 radical (unpaired) electrons. The van der Waals surface area contributed by atoms with E-state index < -0.39 is 5.97 Å². The first kappa shape index (κ1) is 19.5. The van der Waals surface area contributed by atoms with E-state index in [2.05, 4.69) is 15.5 Å². The summed E-state index contributed by atoms with van der Waals surface area (Å²) >= 11 is 2.53. The van der Waals surface area contributed by atoms with Crippen molar-refractivity contribution in [2.24, 2.45) is 0 Å². The minimum absolute atomic E-state index is 0.117. The molecular formula is C16H21N3O4S2. The highest BCUT2D eigenvalue weighted by Gasteiger charge is 2.22. The van der Waals surface area contributed by atoms with Crippen molar-refractivity contribution < 1.29 is 18.7 Å². The zero-order valence-corrected chi connectivity index (χ0v) is 16.3. The van der Waals surface area contributed by atoms with Crippen molar-refractivity contribution in [3.05, 3.63) is 21.9 Å². The molecule has 0 aliphatic heterocycles. The number of esters is 1. The van der Waals surface area contributed by atoms with Gasteiger partial charge in [0.2, 0.25) is 11.8 Å². The number of aromatic nitrogens is 2. The van der Waals surface area contributed by atoms with E-state index in [-0.39, 0.29) is 18.3 Å². The molecule has 2 heterocycles. The number of thiophene rings is 1. The number of carbonyl (C=O) groups is 2. The molecule has 0 saturated carbocycles. The Morgan fingerprint density at radius 3 is 2.72 bits per heavy atom. The van der Waals surface area contributed by atoms with Crippen LogP contribution in [0, 0.1) is 13.8 Å². The molecule has 1 N–H and O–H groups in total. The summed E-state index contributed by atoms with van der Waals surface area (Å²) in [4.78, 5) is 25.3. The smallest absolute Gasteiger partial charge is 0.341 e. The van der Waals surface area contributed by atoms with E-state index in [9.17, 15) is 9.59 Å². The normalized spacial score (nSPS) is 10.7. The molecule has 0 aliphatic carbocycles. The average Bonchev–Trinajstić information content (AvgIpc) is 3.11. The number of amides is 1. The molecular weight excluding hydrogens is 362 g/mol. The summed E-state index contributed by atoms with van der Waals surface area (Å²) in [5.41, 5.74) is 1.25. The van der Waals surface area contributed by atoms with Crippen molar-refractivity contribution in [3.8, 4) is 0 Å². The van der Waals surface area contributed by atoms with Gasteiger partial charge in [0, 0.05) is 11.3 Å². The minimum atomic E-state index is -0.423. The fourth-order valence-electron chi connectivity index (χ4n) is 2.07. The highest BCUT2D eigenvalue weighted by atomic mass is 32.2. The van der Waals surface area contributed by atoms with Crippen LogP contribution in [0.1, 0.15) is 47.0 Å². The molecule has 0 spiro atoms. The summed E-state index contributed by atoms with van der Waals surface area (Å²) in [7, 11) is 0. The van der Waals surface area contributed by atoms with Crippen molar-refractivity contribution in [1.29, 1.82) is 0 Å². The zero-order chi connectivity index (χ0) is 18.4. The lowest BCUT2D eigenvalue weighted by Crippen LogP contribution is -2.16. The molecule has 9 heteroatoms. The van der Waals surface area contributed by atoms with Crippen LogP contribution >= 0.6 is 23.1 Å². The quantitative estimate of drug-likeness (QED) is 0.549. The van der Waals surface area contributed by atoms with Crippen molar-refractivity contribution in [1.82, 2.24) is 10.2 Å². The maximum atomic E-state index is 12.2. The molecule has 0 fully saturated rings. The molecule has 0 aliphatic rings. The van der Waals surface area contributed by atoms with Crippen molar-refractivity contribution in [2.45, 2.75) is 45.8 Å². The van der Waals surface area contributed by atoms with E-state index in [0.717, 1.165) is 23.3 Å². The van der Waals surface area contributed by atoms with Gasteiger partial charge in [-0.05, 0) is 32.8 Å². The van der Waals surface area contributed by atoms with Gasteiger partial charge in [-0.3, -0.25) is 4.79 Å². The molecule has 136 valence electrons. The van der Waals surface area contributed by atoms with Gasteiger partial charge in [-0.15, -0.1) is 21.5 Å². The second-order valence-electron chi connectivity index (χ2n) is 5.26. The Hall–Kier alpha value is -1.87. The van der Waals surface area contributed by atoms with Crippen LogP contribution in [0.2, 0.25) is 0 Å². The predicted octanol–water partition coefficient (Wildman–Crippen LogP) is 3.61. The largest absolute Gasteiger partial charge is 0.462 e. The molecule has 2 aromatic heterocycles. The van der Waals surface area contributed by atoms with Gasteiger partial charge in [-0.1, -0.05) is 18.7 Å². The molecule has 1 amide bonds. The number of carbonyl (C=O) groups excluding carboxylic acids is 2. The lowest BCUT2D eigenvalue weighted by molar-refractivity contribution is -0.113. The van der Waals surface area contributed by atoms with Gasteiger partial charge in [0.05, 0.1) is 17.9 Å². The Bertz CT molecular complexity index is 755. The van der Waals surface area contributed by atoms with E-state index in [1.807, 2.05) is 20.8 Å². The van der Waals surface area contributed by atoms with E-state index in [1.165, 1.54) is 23.1 Å². The Morgan fingerprint density at radius 2 is 2.04 bits per heavy atom. The van der Waals surface area contributed by atoms with Crippen LogP contribution in [0.5, 0.6) is 0 Å². The standard InChI is InChI=1S/C16H21N3O4S2/c1-5-7-12-18-19-16(23-12)24-8-11(20)17-14-13(15(21)22-6-2)9(3)10(4)25-14/h5-8H2,1-4H3,(H,17,20). The number of hydrogen-bond donors (Lipinski definition) is 1. The van der Waals surface area contributed by atoms with Gasteiger partial charge >= 0.3 is 5.97 Å². The summed E-state index contributed by atoms with van der Waals surface area (Å²) in [5.74, 6) is 0.0198. The summed E-state index contributed by atoms with van der Waals surface area (Å²) in [6, 6.07) is 0. The van der Waals surface area contributed by atoms with E-state index >= 15 is 0 Å². The fourth-order valence-corrected chi connectivity index (χ4v) is 3.71. The second-order valence-corrected chi connectivity index (χ2v) is 7.41. The number of anilines is 1. The molecule has 7 nitrogen and oxygen atoms in total. The van der Waals surface area contributed by atoms with E-state index in [4.69, 9.17) is 9.15 Å². The number of rotatable bonds is 8.